The standard InChI is InChI=1S/C21H23FN8OS/c1-29-21(30-7-2-3-13(24)6-8-30)16(11-26-29)27-19(31)17-18(25)32-20(28-17)14-9-12(10-23)4-5-15(14)22/h4-5,9,11,13H,2-3,6-8,24-25H2,1H3,(H,27,31)/t13-/m0/s1. The molecule has 0 bridgehead atoms. The molecule has 166 valence electrons. The van der Waals surface area contributed by atoms with E-state index in [9.17, 15) is 9.18 Å². The summed E-state index contributed by atoms with van der Waals surface area (Å²) in [5.74, 6) is -0.268. The number of benzene rings is 1. The third-order valence-electron chi connectivity index (χ3n) is 5.42. The smallest absolute Gasteiger partial charge is 0.277 e. The Bertz CT molecular complexity index is 1200. The number of hydrogen-bond donors (Lipinski definition) is 3. The largest absolute Gasteiger partial charge is 0.389 e. The molecule has 2 aromatic heterocycles. The van der Waals surface area contributed by atoms with Crippen LogP contribution in [0.25, 0.3) is 10.6 Å². The molecule has 0 saturated carbocycles. The number of amides is 1. The van der Waals surface area contributed by atoms with Gasteiger partial charge < -0.3 is 21.7 Å². The van der Waals surface area contributed by atoms with Crippen LogP contribution in [0.4, 0.5) is 20.9 Å². The molecule has 4 rings (SSSR count). The second-order valence-electron chi connectivity index (χ2n) is 7.68. The first-order valence-corrected chi connectivity index (χ1v) is 11.0. The topological polar surface area (TPSA) is 139 Å². The summed E-state index contributed by atoms with van der Waals surface area (Å²) in [5.41, 5.74) is 13.1. The van der Waals surface area contributed by atoms with Gasteiger partial charge in [0.2, 0.25) is 0 Å². The van der Waals surface area contributed by atoms with E-state index in [2.05, 4.69) is 20.3 Å². The minimum atomic E-state index is -0.543. The van der Waals surface area contributed by atoms with Gasteiger partial charge in [0.05, 0.1) is 17.8 Å². The van der Waals surface area contributed by atoms with Gasteiger partial charge in [0.1, 0.15) is 21.5 Å². The Morgan fingerprint density at radius 3 is 2.97 bits per heavy atom. The first kappa shape index (κ1) is 21.7. The molecule has 5 N–H and O–H groups in total. The molecule has 3 heterocycles. The van der Waals surface area contributed by atoms with Gasteiger partial charge in [-0.2, -0.15) is 10.4 Å². The summed E-state index contributed by atoms with van der Waals surface area (Å²) >= 11 is 0.991. The molecule has 0 spiro atoms. The van der Waals surface area contributed by atoms with Crippen molar-refractivity contribution < 1.29 is 9.18 Å². The fourth-order valence-corrected chi connectivity index (χ4v) is 4.62. The SMILES string of the molecule is Cn1ncc(NC(=O)c2nc(-c3cc(C#N)ccc3F)sc2N)c1N1CCC[C@H](N)CC1. The predicted molar refractivity (Wildman–Crippen MR) is 122 cm³/mol. The van der Waals surface area contributed by atoms with Crippen LogP contribution in [0, 0.1) is 17.1 Å². The summed E-state index contributed by atoms with van der Waals surface area (Å²) in [6.07, 6.45) is 4.35. The number of hydrogen-bond acceptors (Lipinski definition) is 8. The van der Waals surface area contributed by atoms with E-state index in [0.29, 0.717) is 11.3 Å². The molecule has 0 radical (unpaired) electrons. The van der Waals surface area contributed by atoms with Crippen molar-refractivity contribution >= 4 is 33.8 Å². The second kappa shape index (κ2) is 8.94. The van der Waals surface area contributed by atoms with Gasteiger partial charge in [-0.25, -0.2) is 9.37 Å². The summed E-state index contributed by atoms with van der Waals surface area (Å²) in [5, 5.41) is 16.6. The van der Waals surface area contributed by atoms with E-state index in [1.807, 2.05) is 13.1 Å². The van der Waals surface area contributed by atoms with Crippen molar-refractivity contribution in [2.75, 3.05) is 29.0 Å². The van der Waals surface area contributed by atoms with Crippen LogP contribution in [0.5, 0.6) is 0 Å². The van der Waals surface area contributed by atoms with Gasteiger partial charge in [-0.1, -0.05) is 11.3 Å². The van der Waals surface area contributed by atoms with Crippen LogP contribution >= 0.6 is 11.3 Å². The number of nitriles is 1. The number of aryl methyl sites for hydroxylation is 1. The van der Waals surface area contributed by atoms with E-state index in [0.717, 1.165) is 49.5 Å². The van der Waals surface area contributed by atoms with Crippen molar-refractivity contribution in [3.05, 3.63) is 41.5 Å². The van der Waals surface area contributed by atoms with Crippen molar-refractivity contribution in [3.63, 3.8) is 0 Å². The Hall–Kier alpha value is -3.49. The third kappa shape index (κ3) is 4.28. The van der Waals surface area contributed by atoms with Crippen LogP contribution in [0.1, 0.15) is 35.3 Å². The van der Waals surface area contributed by atoms with E-state index in [-0.39, 0.29) is 27.3 Å². The Kier molecular flexibility index (Phi) is 6.07. The molecular formula is C21H23FN8OS. The Labute approximate surface area is 188 Å². The summed E-state index contributed by atoms with van der Waals surface area (Å²) in [6.45, 7) is 1.58. The maximum absolute atomic E-state index is 14.3. The molecule has 1 aliphatic heterocycles. The average Bonchev–Trinajstić information content (AvgIpc) is 3.25. The number of thiazole rings is 1. The molecule has 3 aromatic rings. The number of nitrogens with one attached hydrogen (secondary N) is 1. The van der Waals surface area contributed by atoms with Gasteiger partial charge in [-0.05, 0) is 37.5 Å². The monoisotopic (exact) mass is 454 g/mol. The van der Waals surface area contributed by atoms with Crippen molar-refractivity contribution in [1.29, 1.82) is 5.26 Å². The van der Waals surface area contributed by atoms with Crippen LogP contribution in [-0.4, -0.2) is 39.8 Å². The fourth-order valence-electron chi connectivity index (χ4n) is 3.78. The highest BCUT2D eigenvalue weighted by atomic mass is 32.1. The summed E-state index contributed by atoms with van der Waals surface area (Å²) in [7, 11) is 1.82. The molecule has 1 amide bonds. The van der Waals surface area contributed by atoms with Crippen molar-refractivity contribution in [2.45, 2.75) is 25.3 Å². The average molecular weight is 455 g/mol. The quantitative estimate of drug-likeness (QED) is 0.551. The predicted octanol–water partition coefficient (Wildman–Crippen LogP) is 2.71. The molecule has 9 nitrogen and oxygen atoms in total. The number of carbonyl (C=O) groups excluding carboxylic acids is 1. The van der Waals surface area contributed by atoms with Gasteiger partial charge in [-0.3, -0.25) is 9.48 Å². The molecular weight excluding hydrogens is 431 g/mol. The fraction of sp³-hybridized carbons (Fsp3) is 0.333. The molecule has 1 aromatic carbocycles. The van der Waals surface area contributed by atoms with Gasteiger partial charge in [0.25, 0.3) is 5.91 Å². The Morgan fingerprint density at radius 2 is 2.19 bits per heavy atom. The van der Waals surface area contributed by atoms with E-state index < -0.39 is 11.7 Å². The van der Waals surface area contributed by atoms with Crippen LogP contribution in [-0.2, 0) is 7.05 Å². The van der Waals surface area contributed by atoms with Crippen LogP contribution < -0.4 is 21.7 Å². The van der Waals surface area contributed by atoms with Crippen molar-refractivity contribution in [3.8, 4) is 16.6 Å². The van der Waals surface area contributed by atoms with Crippen molar-refractivity contribution in [1.82, 2.24) is 14.8 Å². The minimum absolute atomic E-state index is 0.000507. The number of nitrogen functional groups attached to an aromatic ring is 1. The van der Waals surface area contributed by atoms with Gasteiger partial charge >= 0.3 is 0 Å². The zero-order valence-corrected chi connectivity index (χ0v) is 18.3. The highest BCUT2D eigenvalue weighted by Crippen LogP contribution is 2.33. The number of aromatic nitrogens is 3. The second-order valence-corrected chi connectivity index (χ2v) is 8.71. The minimum Gasteiger partial charge on any atom is -0.389 e. The zero-order valence-electron chi connectivity index (χ0n) is 17.5. The van der Waals surface area contributed by atoms with Crippen LogP contribution in [0.2, 0.25) is 0 Å². The maximum Gasteiger partial charge on any atom is 0.277 e. The first-order valence-electron chi connectivity index (χ1n) is 10.2. The number of nitrogens with two attached hydrogens (primary N) is 2. The first-order chi connectivity index (χ1) is 15.4. The lowest BCUT2D eigenvalue weighted by molar-refractivity contribution is 0.102. The highest BCUT2D eigenvalue weighted by Gasteiger charge is 2.24. The molecule has 1 atom stereocenters. The molecule has 32 heavy (non-hydrogen) atoms. The zero-order chi connectivity index (χ0) is 22.8. The lowest BCUT2D eigenvalue weighted by atomic mass is 10.1. The van der Waals surface area contributed by atoms with E-state index in [4.69, 9.17) is 16.7 Å². The van der Waals surface area contributed by atoms with E-state index in [1.54, 1.807) is 10.9 Å². The number of halogens is 1. The summed E-state index contributed by atoms with van der Waals surface area (Å²) < 4.78 is 16.0. The van der Waals surface area contributed by atoms with Gasteiger partial charge in [0.15, 0.2) is 11.5 Å². The molecule has 11 heteroatoms. The maximum atomic E-state index is 14.3. The molecule has 1 fully saturated rings. The normalized spacial score (nSPS) is 16.4. The summed E-state index contributed by atoms with van der Waals surface area (Å²) in [4.78, 5) is 19.4. The number of carbonyl (C=O) groups is 1. The molecule has 1 saturated heterocycles. The number of rotatable bonds is 4. The Morgan fingerprint density at radius 1 is 1.38 bits per heavy atom. The highest BCUT2D eigenvalue weighted by molar-refractivity contribution is 7.19. The number of anilines is 3. The van der Waals surface area contributed by atoms with Gasteiger partial charge in [0, 0.05) is 31.7 Å². The van der Waals surface area contributed by atoms with Crippen LogP contribution in [0.15, 0.2) is 24.4 Å². The molecule has 1 aliphatic rings. The van der Waals surface area contributed by atoms with E-state index in [1.165, 1.54) is 18.2 Å². The third-order valence-corrected chi connectivity index (χ3v) is 6.34. The number of nitrogens with zero attached hydrogens (tertiary/aromatic N) is 5. The molecule has 0 unspecified atom stereocenters. The summed E-state index contributed by atoms with van der Waals surface area (Å²) in [6, 6.07) is 6.09. The lowest BCUT2D eigenvalue weighted by Gasteiger charge is -2.24. The van der Waals surface area contributed by atoms with Crippen LogP contribution in [0.3, 0.4) is 0 Å². The van der Waals surface area contributed by atoms with E-state index >= 15 is 0 Å². The lowest BCUT2D eigenvalue weighted by Crippen LogP contribution is -2.29. The van der Waals surface area contributed by atoms with Gasteiger partial charge in [-0.15, -0.1) is 0 Å². The Balaban J connectivity index is 1.59. The van der Waals surface area contributed by atoms with Crippen molar-refractivity contribution in [2.24, 2.45) is 12.8 Å². The molecule has 0 aliphatic carbocycles.